The molecule has 9 heteroatoms. The number of nitro benzene ring substituents is 1. The average Bonchev–Trinajstić information content (AvgIpc) is 2.47. The lowest BCUT2D eigenvalue weighted by atomic mass is 10.3. The lowest BCUT2D eigenvalue weighted by molar-refractivity contribution is -0.384. The van der Waals surface area contributed by atoms with Crippen molar-refractivity contribution in [1.29, 1.82) is 0 Å². The van der Waals surface area contributed by atoms with Crippen LogP contribution in [0.5, 0.6) is 11.5 Å². The van der Waals surface area contributed by atoms with E-state index >= 15 is 0 Å². The van der Waals surface area contributed by atoms with Crippen LogP contribution in [0, 0.1) is 10.1 Å². The molecular weight excluding hydrogens is 334 g/mol. The van der Waals surface area contributed by atoms with Gasteiger partial charge in [-0.2, -0.15) is 8.42 Å². The number of benzene rings is 2. The predicted octanol–water partition coefficient (Wildman–Crippen LogP) is 3.02. The Morgan fingerprint density at radius 1 is 1.09 bits per heavy atom. The first-order chi connectivity index (χ1) is 10.3. The standard InChI is InChI=1S/C13H10ClNO6S/c1-20-11-6-7-12(14)13(8-11)22(18,19)21-10-4-2-9(3-5-10)15(16)17/h2-8H,1H3. The number of rotatable bonds is 5. The number of nitro groups is 1. The van der Waals surface area contributed by atoms with E-state index < -0.39 is 15.0 Å². The molecule has 0 atom stereocenters. The summed E-state index contributed by atoms with van der Waals surface area (Å²) in [6.45, 7) is 0. The number of ether oxygens (including phenoxy) is 1. The first-order valence-corrected chi connectivity index (χ1v) is 7.64. The molecule has 22 heavy (non-hydrogen) atoms. The fourth-order valence-electron chi connectivity index (χ4n) is 1.60. The molecule has 0 N–H and O–H groups in total. The summed E-state index contributed by atoms with van der Waals surface area (Å²) in [5, 5.41) is 10.5. The highest BCUT2D eigenvalue weighted by atomic mass is 35.5. The number of hydrogen-bond donors (Lipinski definition) is 0. The van der Waals surface area contributed by atoms with Gasteiger partial charge in [0.2, 0.25) is 0 Å². The molecule has 0 spiro atoms. The van der Waals surface area contributed by atoms with E-state index in [0.29, 0.717) is 5.75 Å². The minimum Gasteiger partial charge on any atom is -0.497 e. The highest BCUT2D eigenvalue weighted by molar-refractivity contribution is 7.87. The van der Waals surface area contributed by atoms with Gasteiger partial charge >= 0.3 is 10.1 Å². The number of nitrogens with zero attached hydrogens (tertiary/aromatic N) is 1. The van der Waals surface area contributed by atoms with Crippen molar-refractivity contribution in [3.8, 4) is 11.5 Å². The summed E-state index contributed by atoms with van der Waals surface area (Å²) >= 11 is 5.87. The number of non-ortho nitro benzene ring substituents is 1. The maximum atomic E-state index is 12.2. The topological polar surface area (TPSA) is 95.7 Å². The minimum absolute atomic E-state index is 0.0253. The summed E-state index contributed by atoms with van der Waals surface area (Å²) in [5.41, 5.74) is -0.177. The van der Waals surface area contributed by atoms with Crippen molar-refractivity contribution in [2.75, 3.05) is 7.11 Å². The molecule has 0 aliphatic heterocycles. The van der Waals surface area contributed by atoms with Crippen LogP contribution in [-0.2, 0) is 10.1 Å². The van der Waals surface area contributed by atoms with Crippen molar-refractivity contribution in [3.63, 3.8) is 0 Å². The van der Waals surface area contributed by atoms with E-state index in [4.69, 9.17) is 20.5 Å². The van der Waals surface area contributed by atoms with E-state index in [2.05, 4.69) is 0 Å². The molecule has 2 aromatic rings. The van der Waals surface area contributed by atoms with Crippen molar-refractivity contribution < 1.29 is 22.3 Å². The van der Waals surface area contributed by atoms with E-state index in [1.54, 1.807) is 0 Å². The van der Waals surface area contributed by atoms with Gasteiger partial charge in [-0.25, -0.2) is 0 Å². The van der Waals surface area contributed by atoms with Crippen molar-refractivity contribution in [2.24, 2.45) is 0 Å². The van der Waals surface area contributed by atoms with Crippen LogP contribution in [-0.4, -0.2) is 20.5 Å². The first kappa shape index (κ1) is 16.1. The summed E-state index contributed by atoms with van der Waals surface area (Å²) in [4.78, 5) is 9.69. The number of methoxy groups -OCH3 is 1. The van der Waals surface area contributed by atoms with Crippen LogP contribution in [0.3, 0.4) is 0 Å². The lowest BCUT2D eigenvalue weighted by Crippen LogP contribution is -2.10. The highest BCUT2D eigenvalue weighted by Gasteiger charge is 2.21. The number of halogens is 1. The molecule has 0 aromatic heterocycles. The van der Waals surface area contributed by atoms with E-state index in [-0.39, 0.29) is 21.4 Å². The molecule has 2 rings (SSSR count). The van der Waals surface area contributed by atoms with Crippen LogP contribution < -0.4 is 8.92 Å². The fraction of sp³-hybridized carbons (Fsp3) is 0.0769. The smallest absolute Gasteiger partial charge is 0.340 e. The zero-order chi connectivity index (χ0) is 16.3. The maximum Gasteiger partial charge on any atom is 0.340 e. The molecule has 7 nitrogen and oxygen atoms in total. The molecule has 0 saturated carbocycles. The summed E-state index contributed by atoms with van der Waals surface area (Å²) < 4.78 is 34.3. The molecule has 0 unspecified atom stereocenters. The van der Waals surface area contributed by atoms with E-state index in [1.165, 1.54) is 37.4 Å². The third kappa shape index (κ3) is 3.46. The van der Waals surface area contributed by atoms with Gasteiger partial charge in [0.1, 0.15) is 16.4 Å². The Labute approximate surface area is 131 Å². The van der Waals surface area contributed by atoms with Crippen LogP contribution in [0.25, 0.3) is 0 Å². The zero-order valence-electron chi connectivity index (χ0n) is 11.2. The van der Waals surface area contributed by atoms with Crippen LogP contribution in [0.15, 0.2) is 47.4 Å². The summed E-state index contributed by atoms with van der Waals surface area (Å²) in [6.07, 6.45) is 0. The first-order valence-electron chi connectivity index (χ1n) is 5.86. The highest BCUT2D eigenvalue weighted by Crippen LogP contribution is 2.29. The second-order valence-electron chi connectivity index (χ2n) is 4.08. The Kier molecular flexibility index (Phi) is 4.53. The van der Waals surface area contributed by atoms with Crippen LogP contribution >= 0.6 is 11.6 Å². The van der Waals surface area contributed by atoms with E-state index in [0.717, 1.165) is 12.1 Å². The third-order valence-electron chi connectivity index (χ3n) is 2.66. The van der Waals surface area contributed by atoms with Gasteiger partial charge in [0.05, 0.1) is 17.1 Å². The third-order valence-corrected chi connectivity index (χ3v) is 4.39. The van der Waals surface area contributed by atoms with Crippen LogP contribution in [0.1, 0.15) is 0 Å². The molecule has 0 saturated heterocycles. The molecule has 116 valence electrons. The van der Waals surface area contributed by atoms with Crippen molar-refractivity contribution in [1.82, 2.24) is 0 Å². The molecule has 2 aromatic carbocycles. The normalized spacial score (nSPS) is 11.0. The predicted molar refractivity (Wildman–Crippen MR) is 78.9 cm³/mol. The summed E-state index contributed by atoms with van der Waals surface area (Å²) in [6, 6.07) is 8.74. The quantitative estimate of drug-likeness (QED) is 0.470. The van der Waals surface area contributed by atoms with E-state index in [1.807, 2.05) is 0 Å². The Morgan fingerprint density at radius 2 is 1.68 bits per heavy atom. The molecule has 0 aliphatic rings. The van der Waals surface area contributed by atoms with Crippen molar-refractivity contribution in [3.05, 3.63) is 57.6 Å². The molecule has 0 heterocycles. The fourth-order valence-corrected chi connectivity index (χ4v) is 3.02. The average molecular weight is 344 g/mol. The Balaban J connectivity index is 2.33. The molecule has 0 amide bonds. The zero-order valence-corrected chi connectivity index (χ0v) is 12.8. The second-order valence-corrected chi connectivity index (χ2v) is 6.01. The Hall–Kier alpha value is -2.32. The second kappa shape index (κ2) is 6.20. The van der Waals surface area contributed by atoms with E-state index in [9.17, 15) is 18.5 Å². The van der Waals surface area contributed by atoms with Gasteiger partial charge in [0.15, 0.2) is 0 Å². The SMILES string of the molecule is COc1ccc(Cl)c(S(=O)(=O)Oc2ccc([N+](=O)[O-])cc2)c1. The van der Waals surface area contributed by atoms with Crippen molar-refractivity contribution in [2.45, 2.75) is 4.90 Å². The van der Waals surface area contributed by atoms with Crippen LogP contribution in [0.4, 0.5) is 5.69 Å². The van der Waals surface area contributed by atoms with Crippen LogP contribution in [0.2, 0.25) is 5.02 Å². The number of hydrogen-bond acceptors (Lipinski definition) is 6. The van der Waals surface area contributed by atoms with Gasteiger partial charge in [-0.05, 0) is 24.3 Å². The molecule has 0 bridgehead atoms. The minimum atomic E-state index is -4.19. The van der Waals surface area contributed by atoms with Gasteiger partial charge in [0.25, 0.3) is 5.69 Å². The van der Waals surface area contributed by atoms with Gasteiger partial charge in [-0.15, -0.1) is 0 Å². The van der Waals surface area contributed by atoms with Gasteiger partial charge in [-0.3, -0.25) is 10.1 Å². The van der Waals surface area contributed by atoms with Gasteiger partial charge < -0.3 is 8.92 Å². The maximum absolute atomic E-state index is 12.2. The molecule has 0 fully saturated rings. The van der Waals surface area contributed by atoms with Gasteiger partial charge in [-0.1, -0.05) is 11.6 Å². The van der Waals surface area contributed by atoms with Gasteiger partial charge in [0, 0.05) is 18.2 Å². The largest absolute Gasteiger partial charge is 0.497 e. The Bertz CT molecular complexity index is 804. The lowest BCUT2D eigenvalue weighted by Gasteiger charge is -2.09. The summed E-state index contributed by atoms with van der Waals surface area (Å²) in [7, 11) is -2.81. The van der Waals surface area contributed by atoms with Crippen molar-refractivity contribution >= 4 is 27.4 Å². The Morgan fingerprint density at radius 3 is 2.23 bits per heavy atom. The molecular formula is C13H10ClNO6S. The molecule has 0 aliphatic carbocycles. The summed E-state index contributed by atoms with van der Waals surface area (Å²) in [5.74, 6) is 0.236. The monoisotopic (exact) mass is 343 g/mol. The molecule has 0 radical (unpaired) electrons.